The van der Waals surface area contributed by atoms with Gasteiger partial charge >= 0.3 is 0 Å². The standard InChI is InChI=1S/C24H21N3O2S2/c1-15(2)29-20-9-5-8-19(13-20)22(28)26-23(30)27-24-25-21(14-31-24)18-11-10-16-6-3-4-7-17(16)12-18/h3-15H,1-2H3,(H2,25,26,27,28,30). The van der Waals surface area contributed by atoms with Gasteiger partial charge in [-0.15, -0.1) is 11.3 Å². The summed E-state index contributed by atoms with van der Waals surface area (Å²) < 4.78 is 5.64. The molecule has 3 aromatic carbocycles. The van der Waals surface area contributed by atoms with Gasteiger partial charge in [-0.3, -0.25) is 10.1 Å². The molecular weight excluding hydrogens is 426 g/mol. The number of nitrogens with zero attached hydrogens (tertiary/aromatic N) is 1. The lowest BCUT2D eigenvalue weighted by Gasteiger charge is -2.11. The Balaban J connectivity index is 1.41. The highest BCUT2D eigenvalue weighted by atomic mass is 32.1. The zero-order valence-corrected chi connectivity index (χ0v) is 18.7. The molecule has 1 aromatic heterocycles. The molecule has 156 valence electrons. The van der Waals surface area contributed by atoms with Crippen LogP contribution in [-0.2, 0) is 0 Å². The van der Waals surface area contributed by atoms with E-state index in [4.69, 9.17) is 17.0 Å². The summed E-state index contributed by atoms with van der Waals surface area (Å²) in [5.41, 5.74) is 2.35. The van der Waals surface area contributed by atoms with Crippen LogP contribution in [0.25, 0.3) is 22.0 Å². The fourth-order valence-corrected chi connectivity index (χ4v) is 4.08. The molecule has 0 aliphatic heterocycles. The number of nitrogens with one attached hydrogen (secondary N) is 2. The van der Waals surface area contributed by atoms with E-state index >= 15 is 0 Å². The van der Waals surface area contributed by atoms with Gasteiger partial charge in [0, 0.05) is 16.5 Å². The lowest BCUT2D eigenvalue weighted by Crippen LogP contribution is -2.34. The lowest BCUT2D eigenvalue weighted by molar-refractivity contribution is 0.0977. The van der Waals surface area contributed by atoms with Gasteiger partial charge in [-0.05, 0) is 61.1 Å². The second-order valence-corrected chi connectivity index (χ2v) is 8.47. The third-order valence-electron chi connectivity index (χ3n) is 4.46. The Morgan fingerprint density at radius 2 is 1.84 bits per heavy atom. The fourth-order valence-electron chi connectivity index (χ4n) is 3.10. The molecule has 0 aliphatic rings. The minimum atomic E-state index is -0.307. The normalized spacial score (nSPS) is 10.8. The minimum Gasteiger partial charge on any atom is -0.491 e. The Morgan fingerprint density at radius 3 is 2.65 bits per heavy atom. The number of fused-ring (bicyclic) bond motifs is 1. The summed E-state index contributed by atoms with van der Waals surface area (Å²) in [5, 5.41) is 10.8. The van der Waals surface area contributed by atoms with Gasteiger partial charge in [-0.25, -0.2) is 4.98 Å². The molecule has 2 N–H and O–H groups in total. The quantitative estimate of drug-likeness (QED) is 0.374. The van der Waals surface area contributed by atoms with Crippen LogP contribution in [0.1, 0.15) is 24.2 Å². The second-order valence-electron chi connectivity index (χ2n) is 7.20. The SMILES string of the molecule is CC(C)Oc1cccc(C(=O)NC(=S)Nc2nc(-c3ccc4ccccc4c3)cs2)c1. The van der Waals surface area contributed by atoms with Gasteiger partial charge in [0.1, 0.15) is 5.75 Å². The number of carbonyl (C=O) groups excluding carboxylic acids is 1. The van der Waals surface area contributed by atoms with Crippen molar-refractivity contribution in [1.29, 1.82) is 0 Å². The smallest absolute Gasteiger partial charge is 0.257 e. The molecule has 0 saturated carbocycles. The summed E-state index contributed by atoms with van der Waals surface area (Å²) in [6.45, 7) is 3.87. The number of hydrogen-bond donors (Lipinski definition) is 2. The number of aromatic nitrogens is 1. The molecule has 4 aromatic rings. The molecule has 7 heteroatoms. The molecule has 1 amide bonds. The van der Waals surface area contributed by atoms with Crippen molar-refractivity contribution in [2.45, 2.75) is 20.0 Å². The van der Waals surface area contributed by atoms with Crippen LogP contribution in [0.15, 0.2) is 72.1 Å². The molecular formula is C24H21N3O2S2. The fraction of sp³-hybridized carbons (Fsp3) is 0.125. The van der Waals surface area contributed by atoms with Gasteiger partial charge in [-0.2, -0.15) is 0 Å². The zero-order chi connectivity index (χ0) is 21.8. The molecule has 0 unspecified atom stereocenters. The summed E-state index contributed by atoms with van der Waals surface area (Å²) in [4.78, 5) is 17.1. The first kappa shape index (κ1) is 21.0. The molecule has 0 atom stereocenters. The molecule has 0 saturated heterocycles. The lowest BCUT2D eigenvalue weighted by atomic mass is 10.1. The molecule has 0 fully saturated rings. The van der Waals surface area contributed by atoms with Crippen LogP contribution < -0.4 is 15.4 Å². The van der Waals surface area contributed by atoms with E-state index < -0.39 is 0 Å². The Morgan fingerprint density at radius 1 is 1.03 bits per heavy atom. The maximum atomic E-state index is 12.5. The van der Waals surface area contributed by atoms with E-state index in [0.717, 1.165) is 16.6 Å². The van der Waals surface area contributed by atoms with E-state index in [1.165, 1.54) is 16.7 Å². The number of carbonyl (C=O) groups is 1. The average molecular weight is 448 g/mol. The Labute approximate surface area is 190 Å². The first-order chi connectivity index (χ1) is 15.0. The Hall–Kier alpha value is -3.29. The number of anilines is 1. The molecule has 0 aliphatic carbocycles. The summed E-state index contributed by atoms with van der Waals surface area (Å²) in [6.07, 6.45) is 0.0303. The summed E-state index contributed by atoms with van der Waals surface area (Å²) in [5.74, 6) is 0.333. The Kier molecular flexibility index (Phi) is 6.25. The third-order valence-corrected chi connectivity index (χ3v) is 5.43. The first-order valence-electron chi connectivity index (χ1n) is 9.82. The van der Waals surface area contributed by atoms with Crippen LogP contribution in [0.4, 0.5) is 5.13 Å². The summed E-state index contributed by atoms with van der Waals surface area (Å²) in [6, 6.07) is 21.5. The van der Waals surface area contributed by atoms with E-state index in [9.17, 15) is 4.79 Å². The zero-order valence-electron chi connectivity index (χ0n) is 17.1. The van der Waals surface area contributed by atoms with Crippen molar-refractivity contribution >= 4 is 50.5 Å². The van der Waals surface area contributed by atoms with Crippen molar-refractivity contribution in [3.63, 3.8) is 0 Å². The van der Waals surface area contributed by atoms with Crippen molar-refractivity contribution in [3.8, 4) is 17.0 Å². The highest BCUT2D eigenvalue weighted by Gasteiger charge is 2.12. The second kappa shape index (κ2) is 9.24. The van der Waals surface area contributed by atoms with Crippen LogP contribution in [-0.4, -0.2) is 22.1 Å². The Bertz CT molecular complexity index is 1250. The monoisotopic (exact) mass is 447 g/mol. The predicted molar refractivity (Wildman–Crippen MR) is 131 cm³/mol. The van der Waals surface area contributed by atoms with Gasteiger partial charge in [-0.1, -0.05) is 42.5 Å². The average Bonchev–Trinajstić information content (AvgIpc) is 3.21. The molecule has 4 rings (SSSR count). The van der Waals surface area contributed by atoms with Gasteiger partial charge < -0.3 is 10.1 Å². The number of rotatable bonds is 5. The number of ether oxygens (including phenoxy) is 1. The van der Waals surface area contributed by atoms with Crippen LogP contribution in [0.5, 0.6) is 5.75 Å². The molecule has 0 radical (unpaired) electrons. The number of thiazole rings is 1. The van der Waals surface area contributed by atoms with Crippen LogP contribution in [0.3, 0.4) is 0 Å². The molecule has 5 nitrogen and oxygen atoms in total. The third kappa shape index (κ3) is 5.25. The summed E-state index contributed by atoms with van der Waals surface area (Å²) >= 11 is 6.73. The van der Waals surface area contributed by atoms with Gasteiger partial charge in [0.15, 0.2) is 10.2 Å². The van der Waals surface area contributed by atoms with Crippen LogP contribution >= 0.6 is 23.6 Å². The molecule has 31 heavy (non-hydrogen) atoms. The highest BCUT2D eigenvalue weighted by Crippen LogP contribution is 2.27. The van der Waals surface area contributed by atoms with Gasteiger partial charge in [0.2, 0.25) is 0 Å². The predicted octanol–water partition coefficient (Wildman–Crippen LogP) is 5.88. The maximum absolute atomic E-state index is 12.5. The van der Waals surface area contributed by atoms with E-state index in [2.05, 4.69) is 39.9 Å². The number of hydrogen-bond acceptors (Lipinski definition) is 5. The number of amides is 1. The molecule has 1 heterocycles. The van der Waals surface area contributed by atoms with Gasteiger partial charge in [0.05, 0.1) is 11.8 Å². The van der Waals surface area contributed by atoms with Crippen LogP contribution in [0.2, 0.25) is 0 Å². The first-order valence-corrected chi connectivity index (χ1v) is 11.1. The van der Waals surface area contributed by atoms with Crippen molar-refractivity contribution in [2.24, 2.45) is 0 Å². The van der Waals surface area contributed by atoms with Crippen molar-refractivity contribution in [3.05, 3.63) is 77.7 Å². The molecule has 0 spiro atoms. The maximum Gasteiger partial charge on any atom is 0.257 e. The van der Waals surface area contributed by atoms with E-state index in [1.807, 2.05) is 43.5 Å². The number of thiocarbonyl (C=S) groups is 1. The largest absolute Gasteiger partial charge is 0.491 e. The van der Waals surface area contributed by atoms with E-state index in [1.54, 1.807) is 18.2 Å². The van der Waals surface area contributed by atoms with Crippen molar-refractivity contribution in [1.82, 2.24) is 10.3 Å². The van der Waals surface area contributed by atoms with E-state index in [0.29, 0.717) is 16.4 Å². The van der Waals surface area contributed by atoms with Crippen molar-refractivity contribution < 1.29 is 9.53 Å². The van der Waals surface area contributed by atoms with Gasteiger partial charge in [0.25, 0.3) is 5.91 Å². The number of benzene rings is 3. The van der Waals surface area contributed by atoms with E-state index in [-0.39, 0.29) is 17.1 Å². The highest BCUT2D eigenvalue weighted by molar-refractivity contribution is 7.80. The minimum absolute atomic E-state index is 0.0303. The van der Waals surface area contributed by atoms with Crippen molar-refractivity contribution in [2.75, 3.05) is 5.32 Å². The molecule has 0 bridgehead atoms. The topological polar surface area (TPSA) is 63.2 Å². The van der Waals surface area contributed by atoms with Crippen LogP contribution in [0, 0.1) is 0 Å². The summed E-state index contributed by atoms with van der Waals surface area (Å²) in [7, 11) is 0.